The molecule has 8 nitrogen and oxygen atoms in total. The third-order valence-corrected chi connectivity index (χ3v) is 6.48. The van der Waals surface area contributed by atoms with Crippen LogP contribution in [0.25, 0.3) is 15.7 Å². The van der Waals surface area contributed by atoms with E-state index in [0.29, 0.717) is 28.3 Å². The van der Waals surface area contributed by atoms with Crippen molar-refractivity contribution >= 4 is 44.6 Å². The summed E-state index contributed by atoms with van der Waals surface area (Å²) in [7, 11) is 0. The summed E-state index contributed by atoms with van der Waals surface area (Å²) in [5.74, 6) is -0.974. The van der Waals surface area contributed by atoms with E-state index in [9.17, 15) is 14.4 Å². The van der Waals surface area contributed by atoms with Crippen molar-refractivity contribution in [2.75, 3.05) is 5.32 Å². The maximum absolute atomic E-state index is 13.1. The number of fused-ring (bicyclic) bond motifs is 2. The zero-order valence-electron chi connectivity index (χ0n) is 18.7. The molecule has 0 aliphatic carbocycles. The van der Waals surface area contributed by atoms with Crippen LogP contribution in [0.5, 0.6) is 0 Å². The van der Waals surface area contributed by atoms with E-state index < -0.39 is 5.97 Å². The monoisotopic (exact) mass is 484 g/mol. The molecule has 0 aliphatic heterocycles. The SMILES string of the molecule is CCc1nn2c(=O)cc(COC(=O)c3ccccc3NC(=O)c3cccc4ccccc34)nc2s1. The van der Waals surface area contributed by atoms with Gasteiger partial charge in [-0.1, -0.05) is 66.8 Å². The van der Waals surface area contributed by atoms with Crippen molar-refractivity contribution in [1.29, 1.82) is 0 Å². The number of anilines is 1. The van der Waals surface area contributed by atoms with Crippen LogP contribution in [-0.4, -0.2) is 26.5 Å². The van der Waals surface area contributed by atoms with Gasteiger partial charge in [-0.05, 0) is 35.4 Å². The van der Waals surface area contributed by atoms with Crippen molar-refractivity contribution in [1.82, 2.24) is 14.6 Å². The average Bonchev–Trinajstić information content (AvgIpc) is 3.31. The van der Waals surface area contributed by atoms with Crippen LogP contribution in [0.15, 0.2) is 77.6 Å². The minimum absolute atomic E-state index is 0.185. The van der Waals surface area contributed by atoms with Crippen molar-refractivity contribution in [2.24, 2.45) is 0 Å². The van der Waals surface area contributed by atoms with E-state index in [4.69, 9.17) is 4.74 Å². The summed E-state index contributed by atoms with van der Waals surface area (Å²) in [6.07, 6.45) is 0.694. The minimum Gasteiger partial charge on any atom is -0.456 e. The molecule has 0 unspecified atom stereocenters. The van der Waals surface area contributed by atoms with E-state index >= 15 is 0 Å². The molecule has 3 aromatic carbocycles. The van der Waals surface area contributed by atoms with Crippen molar-refractivity contribution in [3.63, 3.8) is 0 Å². The zero-order valence-corrected chi connectivity index (χ0v) is 19.5. The molecule has 9 heteroatoms. The zero-order chi connectivity index (χ0) is 24.4. The molecule has 1 amide bonds. The van der Waals surface area contributed by atoms with Gasteiger partial charge in [-0.15, -0.1) is 0 Å². The Labute approximate surface area is 203 Å². The van der Waals surface area contributed by atoms with E-state index in [1.165, 1.54) is 21.9 Å². The van der Waals surface area contributed by atoms with Gasteiger partial charge in [0.25, 0.3) is 11.5 Å². The molecule has 174 valence electrons. The van der Waals surface area contributed by atoms with Gasteiger partial charge in [-0.25, -0.2) is 9.78 Å². The molecule has 0 aliphatic rings. The standard InChI is InChI=1S/C26H20N4O4S/c1-2-22-29-30-23(31)14-17(27-26(30)35-22)15-34-25(33)20-11-5-6-13-21(20)28-24(32)19-12-7-9-16-8-3-4-10-18(16)19/h3-14H,2,15H2,1H3,(H,28,32). The molecular formula is C26H20N4O4S. The van der Waals surface area contributed by atoms with Crippen LogP contribution in [0.2, 0.25) is 0 Å². The number of hydrogen-bond donors (Lipinski definition) is 1. The average molecular weight is 485 g/mol. The second kappa shape index (κ2) is 9.47. The van der Waals surface area contributed by atoms with Crippen LogP contribution >= 0.6 is 11.3 Å². The van der Waals surface area contributed by atoms with Crippen molar-refractivity contribution < 1.29 is 14.3 Å². The van der Waals surface area contributed by atoms with E-state index in [0.717, 1.165) is 15.8 Å². The Hall–Kier alpha value is -4.37. The first-order chi connectivity index (χ1) is 17.0. The normalized spacial score (nSPS) is 11.0. The molecule has 35 heavy (non-hydrogen) atoms. The first-order valence-corrected chi connectivity index (χ1v) is 11.8. The van der Waals surface area contributed by atoms with Gasteiger partial charge in [0.2, 0.25) is 4.96 Å². The highest BCUT2D eigenvalue weighted by Gasteiger charge is 2.17. The molecule has 5 rings (SSSR count). The number of aromatic nitrogens is 3. The fraction of sp³-hybridized carbons (Fsp3) is 0.115. The molecular weight excluding hydrogens is 464 g/mol. The number of carbonyl (C=O) groups is 2. The van der Waals surface area contributed by atoms with E-state index in [-0.39, 0.29) is 23.6 Å². The maximum atomic E-state index is 13.1. The number of carbonyl (C=O) groups excluding carboxylic acids is 2. The lowest BCUT2D eigenvalue weighted by atomic mass is 10.0. The molecule has 2 heterocycles. The van der Waals surface area contributed by atoms with Crippen LogP contribution in [0, 0.1) is 0 Å². The van der Waals surface area contributed by atoms with Crippen LogP contribution in [-0.2, 0) is 17.8 Å². The third-order valence-electron chi connectivity index (χ3n) is 5.42. The molecule has 0 fully saturated rings. The molecule has 0 saturated heterocycles. The summed E-state index contributed by atoms with van der Waals surface area (Å²) in [6.45, 7) is 1.76. The molecule has 0 spiro atoms. The fourth-order valence-corrected chi connectivity index (χ4v) is 4.57. The highest BCUT2D eigenvalue weighted by Crippen LogP contribution is 2.22. The van der Waals surface area contributed by atoms with Gasteiger partial charge >= 0.3 is 5.97 Å². The van der Waals surface area contributed by atoms with Gasteiger partial charge in [0.15, 0.2) is 0 Å². The summed E-state index contributed by atoms with van der Waals surface area (Å²) >= 11 is 1.32. The Bertz CT molecular complexity index is 1630. The lowest BCUT2D eigenvalue weighted by molar-refractivity contribution is 0.0469. The lowest BCUT2D eigenvalue weighted by Crippen LogP contribution is -2.18. The fourth-order valence-electron chi connectivity index (χ4n) is 3.71. The molecule has 0 saturated carbocycles. The number of esters is 1. The Balaban J connectivity index is 1.35. The summed E-state index contributed by atoms with van der Waals surface area (Å²) < 4.78 is 6.68. The lowest BCUT2D eigenvalue weighted by Gasteiger charge is -2.12. The largest absolute Gasteiger partial charge is 0.456 e. The minimum atomic E-state index is -0.639. The number of nitrogens with zero attached hydrogens (tertiary/aromatic N) is 3. The van der Waals surface area contributed by atoms with Crippen LogP contribution < -0.4 is 10.9 Å². The molecule has 0 bridgehead atoms. The second-order valence-electron chi connectivity index (χ2n) is 7.73. The number of para-hydroxylation sites is 1. The van der Waals surface area contributed by atoms with Gasteiger partial charge in [0, 0.05) is 11.6 Å². The van der Waals surface area contributed by atoms with E-state index in [1.807, 2.05) is 43.3 Å². The van der Waals surface area contributed by atoms with E-state index in [2.05, 4.69) is 15.4 Å². The Morgan fingerprint density at radius 1 is 1.00 bits per heavy atom. The molecule has 2 aromatic heterocycles. The third kappa shape index (κ3) is 4.53. The Morgan fingerprint density at radius 3 is 2.60 bits per heavy atom. The summed E-state index contributed by atoms with van der Waals surface area (Å²) in [6, 6.07) is 21.0. The van der Waals surface area contributed by atoms with Crippen molar-refractivity contribution in [3.8, 4) is 0 Å². The number of ether oxygens (including phenoxy) is 1. The summed E-state index contributed by atoms with van der Waals surface area (Å²) in [5.41, 5.74) is 1.02. The number of amides is 1. The predicted octanol–water partition coefficient (Wildman–Crippen LogP) is 4.48. The van der Waals surface area contributed by atoms with E-state index in [1.54, 1.807) is 30.3 Å². The molecule has 5 aromatic rings. The predicted molar refractivity (Wildman–Crippen MR) is 134 cm³/mol. The number of nitrogens with one attached hydrogen (secondary N) is 1. The number of rotatable bonds is 6. The van der Waals surface area contributed by atoms with Crippen LogP contribution in [0.4, 0.5) is 5.69 Å². The first-order valence-electron chi connectivity index (χ1n) is 11.0. The number of aryl methyl sites for hydroxylation is 1. The number of benzene rings is 3. The van der Waals surface area contributed by atoms with Gasteiger partial charge in [-0.2, -0.15) is 9.61 Å². The smallest absolute Gasteiger partial charge is 0.340 e. The van der Waals surface area contributed by atoms with Gasteiger partial charge in [0.05, 0.1) is 16.9 Å². The quantitative estimate of drug-likeness (QED) is 0.357. The summed E-state index contributed by atoms with van der Waals surface area (Å²) in [4.78, 5) is 43.1. The molecule has 1 N–H and O–H groups in total. The van der Waals surface area contributed by atoms with Crippen LogP contribution in [0.3, 0.4) is 0 Å². The summed E-state index contributed by atoms with van der Waals surface area (Å²) in [5, 5.41) is 9.59. The maximum Gasteiger partial charge on any atom is 0.340 e. The highest BCUT2D eigenvalue weighted by atomic mass is 32.1. The van der Waals surface area contributed by atoms with Gasteiger partial charge < -0.3 is 10.1 Å². The van der Waals surface area contributed by atoms with Crippen molar-refractivity contribution in [2.45, 2.75) is 20.0 Å². The topological polar surface area (TPSA) is 103 Å². The van der Waals surface area contributed by atoms with Crippen LogP contribution in [0.1, 0.15) is 38.3 Å². The molecule has 0 radical (unpaired) electrons. The van der Waals surface area contributed by atoms with Gasteiger partial charge in [-0.3, -0.25) is 9.59 Å². The Morgan fingerprint density at radius 2 is 1.74 bits per heavy atom. The van der Waals surface area contributed by atoms with Gasteiger partial charge in [0.1, 0.15) is 11.6 Å². The first kappa shape index (κ1) is 22.4. The molecule has 0 atom stereocenters. The number of hydrogen-bond acceptors (Lipinski definition) is 7. The Kier molecular flexibility index (Phi) is 6.07. The highest BCUT2D eigenvalue weighted by molar-refractivity contribution is 7.16. The van der Waals surface area contributed by atoms with Crippen molar-refractivity contribution in [3.05, 3.63) is 105 Å². The second-order valence-corrected chi connectivity index (χ2v) is 8.77.